The molecular formula is C29H30N6O5S. The smallest absolute Gasteiger partial charge is 0.247 e. The van der Waals surface area contributed by atoms with Crippen molar-refractivity contribution in [2.75, 3.05) is 29.0 Å². The number of amides is 2. The molecule has 0 spiro atoms. The molecule has 2 aliphatic rings. The first-order chi connectivity index (χ1) is 19.7. The molecule has 2 saturated heterocycles. The van der Waals surface area contributed by atoms with Gasteiger partial charge in [0.15, 0.2) is 11.4 Å². The van der Waals surface area contributed by atoms with Gasteiger partial charge in [-0.25, -0.2) is 13.6 Å². The lowest BCUT2D eigenvalue weighted by Gasteiger charge is -2.33. The molecule has 0 aliphatic carbocycles. The second-order valence-corrected chi connectivity index (χ2v) is 11.9. The van der Waals surface area contributed by atoms with Crippen molar-refractivity contribution in [1.82, 2.24) is 10.1 Å². The summed E-state index contributed by atoms with van der Waals surface area (Å²) in [6.07, 6.45) is 2.98. The fourth-order valence-corrected chi connectivity index (χ4v) is 6.60. The Labute approximate surface area is 237 Å². The lowest BCUT2D eigenvalue weighted by Crippen LogP contribution is -2.50. The molecule has 1 aromatic heterocycles. The maximum Gasteiger partial charge on any atom is 0.247 e. The number of hydrogen-bond donors (Lipinski definition) is 3. The van der Waals surface area contributed by atoms with Gasteiger partial charge in [0.1, 0.15) is 12.1 Å². The Balaban J connectivity index is 1.27. The zero-order valence-electron chi connectivity index (χ0n) is 22.2. The highest BCUT2D eigenvalue weighted by atomic mass is 32.2. The Morgan fingerprint density at radius 3 is 2.39 bits per heavy atom. The summed E-state index contributed by atoms with van der Waals surface area (Å²) in [5.41, 5.74) is 8.88. The van der Waals surface area contributed by atoms with Gasteiger partial charge < -0.3 is 25.4 Å². The van der Waals surface area contributed by atoms with Gasteiger partial charge in [-0.3, -0.25) is 9.59 Å². The summed E-state index contributed by atoms with van der Waals surface area (Å²) in [7, 11) is -3.91. The van der Waals surface area contributed by atoms with Gasteiger partial charge >= 0.3 is 0 Å². The molecule has 41 heavy (non-hydrogen) atoms. The van der Waals surface area contributed by atoms with E-state index < -0.39 is 22.1 Å². The maximum atomic E-state index is 13.7. The van der Waals surface area contributed by atoms with Crippen LogP contribution >= 0.6 is 0 Å². The molecule has 212 valence electrons. The number of anilines is 3. The molecule has 0 bridgehead atoms. The number of fused-ring (bicyclic) bond motifs is 1. The number of carbonyl (C=O) groups excluding carboxylic acids is 2. The van der Waals surface area contributed by atoms with Gasteiger partial charge in [-0.15, -0.1) is 0 Å². The zero-order valence-corrected chi connectivity index (χ0v) is 23.0. The Kier molecular flexibility index (Phi) is 6.88. The van der Waals surface area contributed by atoms with Crippen LogP contribution in [0.1, 0.15) is 25.7 Å². The van der Waals surface area contributed by atoms with Crippen molar-refractivity contribution in [3.8, 4) is 11.1 Å². The van der Waals surface area contributed by atoms with Crippen molar-refractivity contribution in [3.63, 3.8) is 0 Å². The third-order valence-electron chi connectivity index (χ3n) is 7.83. The van der Waals surface area contributed by atoms with Gasteiger partial charge in [-0.05, 0) is 67.6 Å². The third kappa shape index (κ3) is 5.11. The molecule has 2 amide bonds. The quantitative estimate of drug-likeness (QED) is 0.316. The summed E-state index contributed by atoms with van der Waals surface area (Å²) in [4.78, 5) is 31.0. The largest absolute Gasteiger partial charge is 0.380 e. The van der Waals surface area contributed by atoms with Gasteiger partial charge in [-0.2, -0.15) is 0 Å². The number of sulfonamides is 1. The number of nitrogens with one attached hydrogen (secondary N) is 1. The number of carbonyl (C=O) groups is 2. The topological polar surface area (TPSA) is 165 Å². The van der Waals surface area contributed by atoms with Crippen LogP contribution in [0.5, 0.6) is 0 Å². The number of likely N-dealkylation sites (tertiary alicyclic amines) is 1. The van der Waals surface area contributed by atoms with Crippen LogP contribution in [-0.2, 0) is 19.6 Å². The molecule has 2 fully saturated rings. The van der Waals surface area contributed by atoms with Crippen molar-refractivity contribution >= 4 is 50.0 Å². The van der Waals surface area contributed by atoms with Crippen LogP contribution in [0.25, 0.3) is 22.1 Å². The van der Waals surface area contributed by atoms with E-state index >= 15 is 0 Å². The van der Waals surface area contributed by atoms with Gasteiger partial charge in [0, 0.05) is 30.0 Å². The summed E-state index contributed by atoms with van der Waals surface area (Å²) in [5.74, 6) is 0.0143. The van der Waals surface area contributed by atoms with E-state index in [0.717, 1.165) is 25.9 Å². The van der Waals surface area contributed by atoms with Gasteiger partial charge in [0.2, 0.25) is 21.8 Å². The number of nitrogen functional groups attached to an aromatic ring is 1. The number of aromatic nitrogens is 1. The summed E-state index contributed by atoms with van der Waals surface area (Å²) in [6.45, 7) is 1.44. The molecular weight excluding hydrogens is 544 g/mol. The van der Waals surface area contributed by atoms with E-state index in [-0.39, 0.29) is 22.5 Å². The first kappa shape index (κ1) is 26.8. The van der Waals surface area contributed by atoms with Crippen LogP contribution in [0.2, 0.25) is 0 Å². The minimum atomic E-state index is -3.91. The van der Waals surface area contributed by atoms with E-state index in [1.54, 1.807) is 48.5 Å². The van der Waals surface area contributed by atoms with Crippen LogP contribution in [0.3, 0.4) is 0 Å². The summed E-state index contributed by atoms with van der Waals surface area (Å²) >= 11 is 0. The van der Waals surface area contributed by atoms with Crippen molar-refractivity contribution in [3.05, 3.63) is 66.7 Å². The highest BCUT2D eigenvalue weighted by molar-refractivity contribution is 7.89. The number of nitrogens with two attached hydrogens (primary N) is 2. The highest BCUT2D eigenvalue weighted by Crippen LogP contribution is 2.36. The average molecular weight is 575 g/mol. The van der Waals surface area contributed by atoms with Gasteiger partial charge in [0.25, 0.3) is 0 Å². The zero-order chi connectivity index (χ0) is 28.7. The fraction of sp³-hybridized carbons (Fsp3) is 0.276. The van der Waals surface area contributed by atoms with Crippen molar-refractivity contribution < 1.29 is 22.5 Å². The molecule has 2 unspecified atom stereocenters. The second kappa shape index (κ2) is 10.5. The average Bonchev–Trinajstić information content (AvgIpc) is 3.73. The Morgan fingerprint density at radius 1 is 0.951 bits per heavy atom. The van der Waals surface area contributed by atoms with E-state index in [1.807, 2.05) is 21.9 Å². The third-order valence-corrected chi connectivity index (χ3v) is 8.80. The van der Waals surface area contributed by atoms with Gasteiger partial charge in [0.05, 0.1) is 10.3 Å². The molecule has 3 aromatic carbocycles. The molecule has 5 N–H and O–H groups in total. The van der Waals surface area contributed by atoms with Crippen LogP contribution in [0, 0.1) is 0 Å². The molecule has 6 rings (SSSR count). The molecule has 0 radical (unpaired) electrons. The predicted molar refractivity (Wildman–Crippen MR) is 155 cm³/mol. The fourth-order valence-electron chi connectivity index (χ4n) is 5.84. The van der Waals surface area contributed by atoms with E-state index in [0.29, 0.717) is 46.3 Å². The first-order valence-corrected chi connectivity index (χ1v) is 15.0. The Bertz CT molecular complexity index is 1730. The Hall–Kier alpha value is -4.42. The molecule has 3 heterocycles. The standard InChI is InChI=1S/C29H30N6O5S/c30-27-22-17-20(11-14-25(22)40-33-27)35-23(12-13-24(35)29(37)34-15-3-4-16-34)28(36)32-19-9-7-18(8-10-19)21-5-1-2-6-26(21)41(31,38)39/h1-2,5-11,14,17,23-24H,3-4,12-13,15-16H2,(H2,30,33)(H,32,36)(H2,31,38,39). The molecule has 0 saturated carbocycles. The number of hydrogen-bond acceptors (Lipinski definition) is 8. The van der Waals surface area contributed by atoms with Crippen molar-refractivity contribution in [1.29, 1.82) is 0 Å². The number of primary sulfonamides is 1. The summed E-state index contributed by atoms with van der Waals surface area (Å²) in [5, 5.41) is 12.8. The summed E-state index contributed by atoms with van der Waals surface area (Å²) < 4.78 is 29.3. The lowest BCUT2D eigenvalue weighted by atomic mass is 10.1. The number of rotatable bonds is 6. The minimum absolute atomic E-state index is 0.0223. The second-order valence-electron chi connectivity index (χ2n) is 10.4. The minimum Gasteiger partial charge on any atom is -0.380 e. The van der Waals surface area contributed by atoms with E-state index in [2.05, 4.69) is 10.5 Å². The van der Waals surface area contributed by atoms with E-state index in [4.69, 9.17) is 15.4 Å². The number of nitrogens with zero attached hydrogens (tertiary/aromatic N) is 3. The van der Waals surface area contributed by atoms with Crippen LogP contribution in [0.15, 0.2) is 76.1 Å². The molecule has 4 aromatic rings. The molecule has 2 aliphatic heterocycles. The highest BCUT2D eigenvalue weighted by Gasteiger charge is 2.43. The van der Waals surface area contributed by atoms with Gasteiger partial charge in [-0.1, -0.05) is 35.5 Å². The normalized spacial score (nSPS) is 19.1. The molecule has 11 nitrogen and oxygen atoms in total. The van der Waals surface area contributed by atoms with E-state index in [1.165, 1.54) is 6.07 Å². The monoisotopic (exact) mass is 574 g/mol. The summed E-state index contributed by atoms with van der Waals surface area (Å²) in [6, 6.07) is 17.7. The van der Waals surface area contributed by atoms with Crippen LogP contribution < -0.4 is 21.1 Å². The van der Waals surface area contributed by atoms with Crippen molar-refractivity contribution in [2.45, 2.75) is 42.7 Å². The van der Waals surface area contributed by atoms with Crippen molar-refractivity contribution in [2.24, 2.45) is 5.14 Å². The number of benzene rings is 3. The Morgan fingerprint density at radius 2 is 1.66 bits per heavy atom. The van der Waals surface area contributed by atoms with Crippen LogP contribution in [-0.4, -0.2) is 55.5 Å². The first-order valence-electron chi connectivity index (χ1n) is 13.5. The van der Waals surface area contributed by atoms with Crippen LogP contribution in [0.4, 0.5) is 17.2 Å². The SMILES string of the molecule is Nc1noc2ccc(N3C(C(=O)Nc4ccc(-c5ccccc5S(N)(=O)=O)cc4)CCC3C(=O)N3CCCC3)cc12. The molecule has 2 atom stereocenters. The van der Waals surface area contributed by atoms with E-state index in [9.17, 15) is 18.0 Å². The molecule has 12 heteroatoms. The predicted octanol–water partition coefficient (Wildman–Crippen LogP) is 3.32. The lowest BCUT2D eigenvalue weighted by molar-refractivity contribution is -0.131. The maximum absolute atomic E-state index is 13.7.